The number of methoxy groups -OCH3 is 1. The summed E-state index contributed by atoms with van der Waals surface area (Å²) in [7, 11) is 1.31. The molecule has 0 aliphatic rings. The quantitative estimate of drug-likeness (QED) is 0.687. The number of aromatic nitrogens is 2. The first-order valence-corrected chi connectivity index (χ1v) is 9.14. The Balaban J connectivity index is 2.16. The molecule has 0 saturated carbocycles. The zero-order valence-corrected chi connectivity index (χ0v) is 16.4. The monoisotopic (exact) mass is 390 g/mol. The molecule has 0 saturated heterocycles. The molecule has 1 N–H and O–H groups in total. The van der Waals surface area contributed by atoms with Gasteiger partial charge in [-0.1, -0.05) is 25.4 Å². The predicted octanol–water partition coefficient (Wildman–Crippen LogP) is 3.92. The van der Waals surface area contributed by atoms with Crippen LogP contribution in [0.2, 0.25) is 5.02 Å². The number of esters is 1. The van der Waals surface area contributed by atoms with Crippen LogP contribution in [0.1, 0.15) is 47.4 Å². The Hall–Kier alpha value is -2.67. The molecule has 1 aromatic carbocycles. The van der Waals surface area contributed by atoms with Crippen LogP contribution in [0.15, 0.2) is 30.6 Å². The molecule has 1 heterocycles. The highest BCUT2D eigenvalue weighted by atomic mass is 35.5. The van der Waals surface area contributed by atoms with Crippen molar-refractivity contribution >= 4 is 35.1 Å². The van der Waals surface area contributed by atoms with E-state index in [1.54, 1.807) is 23.1 Å². The minimum absolute atomic E-state index is 0.0871. The van der Waals surface area contributed by atoms with E-state index in [1.807, 2.05) is 13.8 Å². The number of halogens is 1. The van der Waals surface area contributed by atoms with Crippen molar-refractivity contribution in [2.24, 2.45) is 0 Å². The van der Waals surface area contributed by atoms with Gasteiger partial charge >= 0.3 is 5.97 Å². The molecule has 0 atom stereocenters. The summed E-state index contributed by atoms with van der Waals surface area (Å²) in [6.07, 6.45) is 4.74. The Morgan fingerprint density at radius 1 is 1.11 bits per heavy atom. The Kier molecular flexibility index (Phi) is 7.55. The van der Waals surface area contributed by atoms with Crippen LogP contribution >= 0.6 is 11.6 Å². The van der Waals surface area contributed by atoms with Crippen molar-refractivity contribution in [3.05, 3.63) is 46.7 Å². The Bertz CT molecular complexity index is 790. The lowest BCUT2D eigenvalue weighted by atomic mass is 10.2. The third kappa shape index (κ3) is 5.40. The molecule has 0 unspecified atom stereocenters. The molecule has 27 heavy (non-hydrogen) atoms. The van der Waals surface area contributed by atoms with Gasteiger partial charge in [0.1, 0.15) is 0 Å². The lowest BCUT2D eigenvalue weighted by Crippen LogP contribution is -2.32. The fraction of sp³-hybridized carbons (Fsp3) is 0.368. The number of ether oxygens (including phenoxy) is 1. The number of anilines is 2. The molecular formula is C19H23ClN4O3. The normalized spacial score (nSPS) is 10.4. The molecule has 1 aromatic heterocycles. The summed E-state index contributed by atoms with van der Waals surface area (Å²) in [6.45, 7) is 5.46. The average Bonchev–Trinajstić information content (AvgIpc) is 2.69. The highest BCUT2D eigenvalue weighted by Gasteiger charge is 2.15. The van der Waals surface area contributed by atoms with E-state index in [9.17, 15) is 9.59 Å². The van der Waals surface area contributed by atoms with E-state index < -0.39 is 5.97 Å². The van der Waals surface area contributed by atoms with Crippen LogP contribution in [-0.2, 0) is 4.74 Å². The number of carbonyl (C=O) groups excluding carboxylic acids is 2. The number of hydrogen-bond acceptors (Lipinski definition) is 6. The van der Waals surface area contributed by atoms with E-state index >= 15 is 0 Å². The van der Waals surface area contributed by atoms with E-state index in [2.05, 4.69) is 15.3 Å². The largest absolute Gasteiger partial charge is 0.465 e. The SMILES string of the molecule is CCCN(CCC)C(=O)c1cnc(Nc2cc(C(=O)OC)ccc2Cl)nc1. The van der Waals surface area contributed by atoms with Gasteiger partial charge in [0.25, 0.3) is 5.91 Å². The molecule has 8 heteroatoms. The standard InChI is InChI=1S/C19H23ClN4O3/c1-4-8-24(9-5-2)17(25)14-11-21-19(22-12-14)23-16-10-13(18(26)27-3)6-7-15(16)20/h6-7,10-12H,4-5,8-9H2,1-3H3,(H,21,22,23). The Morgan fingerprint density at radius 2 is 1.74 bits per heavy atom. The average molecular weight is 391 g/mol. The second kappa shape index (κ2) is 9.87. The molecule has 2 aromatic rings. The molecule has 144 valence electrons. The fourth-order valence-corrected chi connectivity index (χ4v) is 2.69. The van der Waals surface area contributed by atoms with Crippen molar-refractivity contribution in [3.63, 3.8) is 0 Å². The second-order valence-electron chi connectivity index (χ2n) is 5.90. The van der Waals surface area contributed by atoms with Crippen LogP contribution in [0.25, 0.3) is 0 Å². The third-order valence-corrected chi connectivity index (χ3v) is 4.14. The maximum absolute atomic E-state index is 12.6. The van der Waals surface area contributed by atoms with Crippen molar-refractivity contribution in [3.8, 4) is 0 Å². The van der Waals surface area contributed by atoms with Gasteiger partial charge in [0, 0.05) is 25.5 Å². The number of benzene rings is 1. The number of amides is 1. The van der Waals surface area contributed by atoms with Gasteiger partial charge in [-0.15, -0.1) is 0 Å². The zero-order chi connectivity index (χ0) is 19.8. The van der Waals surface area contributed by atoms with Crippen LogP contribution < -0.4 is 5.32 Å². The van der Waals surface area contributed by atoms with Crippen molar-refractivity contribution in [1.82, 2.24) is 14.9 Å². The predicted molar refractivity (Wildman–Crippen MR) is 105 cm³/mol. The minimum atomic E-state index is -0.469. The second-order valence-corrected chi connectivity index (χ2v) is 6.31. The van der Waals surface area contributed by atoms with Crippen molar-refractivity contribution in [1.29, 1.82) is 0 Å². The summed E-state index contributed by atoms with van der Waals surface area (Å²) in [5, 5.41) is 3.36. The van der Waals surface area contributed by atoms with Crippen LogP contribution in [0.3, 0.4) is 0 Å². The summed E-state index contributed by atoms with van der Waals surface area (Å²) in [5.41, 5.74) is 1.25. The van der Waals surface area contributed by atoms with Gasteiger partial charge in [-0.25, -0.2) is 14.8 Å². The lowest BCUT2D eigenvalue weighted by Gasteiger charge is -2.21. The first-order valence-electron chi connectivity index (χ1n) is 8.76. The summed E-state index contributed by atoms with van der Waals surface area (Å²) in [5.74, 6) is -0.285. The number of carbonyl (C=O) groups is 2. The number of nitrogens with zero attached hydrogens (tertiary/aromatic N) is 3. The van der Waals surface area contributed by atoms with Crippen LogP contribution in [-0.4, -0.2) is 46.9 Å². The van der Waals surface area contributed by atoms with Gasteiger partial charge < -0.3 is 15.0 Å². The van der Waals surface area contributed by atoms with Crippen LogP contribution in [0.4, 0.5) is 11.6 Å². The topological polar surface area (TPSA) is 84.4 Å². The molecule has 0 aliphatic carbocycles. The molecular weight excluding hydrogens is 368 g/mol. The minimum Gasteiger partial charge on any atom is -0.465 e. The molecule has 7 nitrogen and oxygen atoms in total. The third-order valence-electron chi connectivity index (χ3n) is 3.81. The maximum Gasteiger partial charge on any atom is 0.337 e. The highest BCUT2D eigenvalue weighted by molar-refractivity contribution is 6.33. The Morgan fingerprint density at radius 3 is 2.30 bits per heavy atom. The summed E-state index contributed by atoms with van der Waals surface area (Å²) < 4.78 is 4.70. The van der Waals surface area contributed by atoms with Gasteiger partial charge in [0.2, 0.25) is 5.95 Å². The number of nitrogens with one attached hydrogen (secondary N) is 1. The molecule has 0 aliphatic heterocycles. The van der Waals surface area contributed by atoms with Crippen molar-refractivity contribution in [2.75, 3.05) is 25.5 Å². The van der Waals surface area contributed by atoms with Crippen LogP contribution in [0.5, 0.6) is 0 Å². The van der Waals surface area contributed by atoms with Gasteiger partial charge in [-0.2, -0.15) is 0 Å². The summed E-state index contributed by atoms with van der Waals surface area (Å²) in [6, 6.07) is 4.71. The molecule has 0 fully saturated rings. The van der Waals surface area contributed by atoms with E-state index in [4.69, 9.17) is 16.3 Å². The van der Waals surface area contributed by atoms with Gasteiger partial charge in [0.05, 0.1) is 28.9 Å². The molecule has 0 bridgehead atoms. The first kappa shape index (κ1) is 20.6. The van der Waals surface area contributed by atoms with E-state index in [1.165, 1.54) is 19.5 Å². The number of hydrogen-bond donors (Lipinski definition) is 1. The summed E-state index contributed by atoms with van der Waals surface area (Å²) >= 11 is 6.16. The smallest absolute Gasteiger partial charge is 0.337 e. The molecule has 2 rings (SSSR count). The lowest BCUT2D eigenvalue weighted by molar-refractivity contribution is 0.0600. The van der Waals surface area contributed by atoms with Crippen LogP contribution in [0, 0.1) is 0 Å². The van der Waals surface area contributed by atoms with E-state index in [0.717, 1.165) is 12.8 Å². The fourth-order valence-electron chi connectivity index (χ4n) is 2.53. The first-order chi connectivity index (χ1) is 13.0. The molecule has 0 spiro atoms. The van der Waals surface area contributed by atoms with Crippen molar-refractivity contribution < 1.29 is 14.3 Å². The Labute approximate surface area is 163 Å². The van der Waals surface area contributed by atoms with E-state index in [-0.39, 0.29) is 11.9 Å². The zero-order valence-electron chi connectivity index (χ0n) is 15.7. The molecule has 0 radical (unpaired) electrons. The summed E-state index contributed by atoms with van der Waals surface area (Å²) in [4.78, 5) is 34.4. The van der Waals surface area contributed by atoms with Gasteiger partial charge in [-0.3, -0.25) is 4.79 Å². The molecule has 1 amide bonds. The van der Waals surface area contributed by atoms with E-state index in [0.29, 0.717) is 34.9 Å². The number of rotatable bonds is 8. The van der Waals surface area contributed by atoms with Gasteiger partial charge in [0.15, 0.2) is 0 Å². The van der Waals surface area contributed by atoms with Crippen molar-refractivity contribution in [2.45, 2.75) is 26.7 Å². The highest BCUT2D eigenvalue weighted by Crippen LogP contribution is 2.25. The van der Waals surface area contributed by atoms with Gasteiger partial charge in [-0.05, 0) is 31.0 Å². The maximum atomic E-state index is 12.6.